The third-order valence-corrected chi connectivity index (χ3v) is 5.01. The zero-order valence-corrected chi connectivity index (χ0v) is 15.6. The number of aliphatic hydroxyl groups excluding tert-OH is 1. The fraction of sp³-hybridized carbons (Fsp3) is 0.286. The summed E-state index contributed by atoms with van der Waals surface area (Å²) in [6, 6.07) is 16.9. The summed E-state index contributed by atoms with van der Waals surface area (Å²) in [7, 11) is 0. The average Bonchev–Trinajstić information content (AvgIpc) is 3.22. The number of piperidine rings is 1. The van der Waals surface area contributed by atoms with Crippen LogP contribution in [0.3, 0.4) is 0 Å². The number of aromatic nitrogens is 2. The Kier molecular flexibility index (Phi) is 5.44. The molecule has 1 fully saturated rings. The van der Waals surface area contributed by atoms with Gasteiger partial charge in [0, 0.05) is 18.0 Å². The number of β-amino-alcohol motifs (C(OH)–C–C–N with tert-alkyl or cyclic N) is 1. The molecule has 0 bridgehead atoms. The van der Waals surface area contributed by atoms with Crippen LogP contribution in [0.5, 0.6) is 5.75 Å². The Bertz CT molecular complexity index is 958. The summed E-state index contributed by atoms with van der Waals surface area (Å²) in [5.74, 6) is 1.38. The molecule has 0 aliphatic carbocycles. The maximum atomic E-state index is 11.0. The maximum absolute atomic E-state index is 11.0. The monoisotopic (exact) mass is 395 g/mol. The number of rotatable bonds is 5. The van der Waals surface area contributed by atoms with Gasteiger partial charge < -0.3 is 24.3 Å². The molecule has 29 heavy (non-hydrogen) atoms. The summed E-state index contributed by atoms with van der Waals surface area (Å²) in [6.45, 7) is 0.689. The highest BCUT2D eigenvalue weighted by Gasteiger charge is 2.30. The van der Waals surface area contributed by atoms with Gasteiger partial charge >= 0.3 is 6.09 Å². The summed E-state index contributed by atoms with van der Waals surface area (Å²) in [4.78, 5) is 12.3. The minimum atomic E-state index is -0.998. The molecule has 2 heterocycles. The molecule has 2 atom stereocenters. The van der Waals surface area contributed by atoms with Crippen molar-refractivity contribution in [1.29, 1.82) is 0 Å². The van der Waals surface area contributed by atoms with E-state index < -0.39 is 12.2 Å². The molecule has 0 radical (unpaired) electrons. The topological polar surface area (TPSA) is 109 Å². The summed E-state index contributed by atoms with van der Waals surface area (Å²) in [5, 5.41) is 27.4. The first-order valence-corrected chi connectivity index (χ1v) is 9.36. The first-order chi connectivity index (χ1) is 14.1. The van der Waals surface area contributed by atoms with Crippen molar-refractivity contribution < 1.29 is 24.2 Å². The Morgan fingerprint density at radius 1 is 1.14 bits per heavy atom. The van der Waals surface area contributed by atoms with Gasteiger partial charge in [0.25, 0.3) is 5.89 Å². The number of nitrogens with zero attached hydrogens (tertiary/aromatic N) is 3. The van der Waals surface area contributed by atoms with Crippen molar-refractivity contribution >= 4 is 6.09 Å². The highest BCUT2D eigenvalue weighted by atomic mass is 16.5. The number of benzene rings is 2. The third-order valence-electron chi connectivity index (χ3n) is 5.01. The molecule has 8 nitrogen and oxygen atoms in total. The molecular formula is C21H21N3O5. The minimum absolute atomic E-state index is 0.0935. The Labute approximate surface area is 167 Å². The van der Waals surface area contributed by atoms with Gasteiger partial charge in [0.05, 0.1) is 12.6 Å². The molecule has 1 saturated heterocycles. The van der Waals surface area contributed by atoms with E-state index in [1.165, 1.54) is 4.90 Å². The number of ether oxygens (including phenoxy) is 1. The van der Waals surface area contributed by atoms with Crippen LogP contribution in [0.1, 0.15) is 23.8 Å². The zero-order valence-electron chi connectivity index (χ0n) is 15.6. The Hall–Kier alpha value is -3.39. The SMILES string of the molecule is O=C(O)N1CCC(c2ccc(OCc3nnc(-c4ccccc4)o3)cc2)C(O)C1. The van der Waals surface area contributed by atoms with E-state index in [0.29, 0.717) is 30.5 Å². The van der Waals surface area contributed by atoms with Crippen LogP contribution in [0.25, 0.3) is 11.5 Å². The maximum Gasteiger partial charge on any atom is 0.407 e. The van der Waals surface area contributed by atoms with Gasteiger partial charge in [-0.3, -0.25) is 0 Å². The quantitative estimate of drug-likeness (QED) is 0.683. The lowest BCUT2D eigenvalue weighted by Crippen LogP contribution is -2.45. The summed E-state index contributed by atoms with van der Waals surface area (Å²) < 4.78 is 11.3. The van der Waals surface area contributed by atoms with Crippen LogP contribution in [0.4, 0.5) is 4.79 Å². The van der Waals surface area contributed by atoms with Crippen LogP contribution in [0.15, 0.2) is 59.0 Å². The van der Waals surface area contributed by atoms with Gasteiger partial charge in [0.2, 0.25) is 5.89 Å². The molecule has 3 aromatic rings. The van der Waals surface area contributed by atoms with Crippen LogP contribution in [-0.4, -0.2) is 50.6 Å². The fourth-order valence-corrected chi connectivity index (χ4v) is 3.46. The van der Waals surface area contributed by atoms with Crippen molar-refractivity contribution in [1.82, 2.24) is 15.1 Å². The second-order valence-electron chi connectivity index (χ2n) is 6.92. The van der Waals surface area contributed by atoms with Crippen molar-refractivity contribution in [3.63, 3.8) is 0 Å². The van der Waals surface area contributed by atoms with E-state index in [9.17, 15) is 9.90 Å². The van der Waals surface area contributed by atoms with E-state index in [1.807, 2.05) is 54.6 Å². The summed E-state index contributed by atoms with van der Waals surface area (Å²) in [6.07, 6.45) is -1.14. The Morgan fingerprint density at radius 2 is 1.90 bits per heavy atom. The number of carbonyl (C=O) groups is 1. The summed E-state index contributed by atoms with van der Waals surface area (Å²) in [5.41, 5.74) is 1.81. The molecule has 8 heteroatoms. The van der Waals surface area contributed by atoms with Gasteiger partial charge in [-0.1, -0.05) is 30.3 Å². The van der Waals surface area contributed by atoms with Gasteiger partial charge in [-0.25, -0.2) is 4.79 Å². The second-order valence-corrected chi connectivity index (χ2v) is 6.92. The van der Waals surface area contributed by atoms with Crippen LogP contribution in [0, 0.1) is 0 Å². The first kappa shape index (κ1) is 18.9. The van der Waals surface area contributed by atoms with Crippen LogP contribution >= 0.6 is 0 Å². The molecule has 0 saturated carbocycles. The Morgan fingerprint density at radius 3 is 2.59 bits per heavy atom. The van der Waals surface area contributed by atoms with E-state index in [-0.39, 0.29) is 19.1 Å². The van der Waals surface area contributed by atoms with Gasteiger partial charge in [0.15, 0.2) is 6.61 Å². The second kappa shape index (κ2) is 8.32. The Balaban J connectivity index is 1.34. The summed E-state index contributed by atoms with van der Waals surface area (Å²) >= 11 is 0. The van der Waals surface area contributed by atoms with Crippen molar-refractivity contribution in [3.8, 4) is 17.2 Å². The van der Waals surface area contributed by atoms with E-state index in [1.54, 1.807) is 0 Å². The number of likely N-dealkylation sites (tertiary alicyclic amines) is 1. The molecule has 0 spiro atoms. The molecule has 150 valence electrons. The molecule has 1 aliphatic heterocycles. The number of hydrogen-bond donors (Lipinski definition) is 2. The van der Waals surface area contributed by atoms with Crippen LogP contribution in [0.2, 0.25) is 0 Å². The van der Waals surface area contributed by atoms with Gasteiger partial charge in [-0.2, -0.15) is 0 Å². The predicted molar refractivity (Wildman–Crippen MR) is 103 cm³/mol. The number of carboxylic acid groups (broad SMARTS) is 1. The normalized spacial score (nSPS) is 19.1. The van der Waals surface area contributed by atoms with Gasteiger partial charge in [0.1, 0.15) is 5.75 Å². The van der Waals surface area contributed by atoms with E-state index in [4.69, 9.17) is 14.3 Å². The lowest BCUT2D eigenvalue weighted by molar-refractivity contribution is 0.0504. The first-order valence-electron chi connectivity index (χ1n) is 9.36. The molecule has 1 aliphatic rings. The van der Waals surface area contributed by atoms with E-state index in [0.717, 1.165) is 11.1 Å². The number of amides is 1. The average molecular weight is 395 g/mol. The smallest absolute Gasteiger partial charge is 0.407 e. The van der Waals surface area contributed by atoms with Crippen LogP contribution < -0.4 is 4.74 Å². The molecular weight excluding hydrogens is 374 g/mol. The molecule has 2 unspecified atom stereocenters. The number of hydrogen-bond acceptors (Lipinski definition) is 6. The van der Waals surface area contributed by atoms with Crippen LogP contribution in [-0.2, 0) is 6.61 Å². The standard InChI is InChI=1S/C21H21N3O5/c25-18-12-24(21(26)27)11-10-17(18)14-6-8-16(9-7-14)28-13-19-22-23-20(29-19)15-4-2-1-3-5-15/h1-9,17-18,25H,10-13H2,(H,26,27). The third kappa shape index (κ3) is 4.38. The van der Waals surface area contributed by atoms with Gasteiger partial charge in [-0.05, 0) is 36.2 Å². The van der Waals surface area contributed by atoms with Crippen molar-refractivity contribution in [2.24, 2.45) is 0 Å². The minimum Gasteiger partial charge on any atom is -0.484 e. The van der Waals surface area contributed by atoms with E-state index >= 15 is 0 Å². The van der Waals surface area contributed by atoms with Crippen molar-refractivity contribution in [3.05, 3.63) is 66.1 Å². The lowest BCUT2D eigenvalue weighted by atomic mass is 9.87. The van der Waals surface area contributed by atoms with Crippen molar-refractivity contribution in [2.45, 2.75) is 25.0 Å². The molecule has 1 amide bonds. The molecule has 2 aromatic carbocycles. The molecule has 2 N–H and O–H groups in total. The highest BCUT2D eigenvalue weighted by Crippen LogP contribution is 2.30. The number of aliphatic hydroxyl groups is 1. The zero-order chi connectivity index (χ0) is 20.2. The largest absolute Gasteiger partial charge is 0.484 e. The molecule has 1 aromatic heterocycles. The predicted octanol–water partition coefficient (Wildman–Crippen LogP) is 3.14. The highest BCUT2D eigenvalue weighted by molar-refractivity contribution is 5.65. The fourth-order valence-electron chi connectivity index (χ4n) is 3.46. The van der Waals surface area contributed by atoms with Gasteiger partial charge in [-0.15, -0.1) is 10.2 Å². The lowest BCUT2D eigenvalue weighted by Gasteiger charge is -2.34. The van der Waals surface area contributed by atoms with Crippen molar-refractivity contribution in [2.75, 3.05) is 13.1 Å². The van der Waals surface area contributed by atoms with E-state index in [2.05, 4.69) is 10.2 Å². The molecule has 4 rings (SSSR count).